The number of hydrogen-bond donors (Lipinski definition) is 1. The van der Waals surface area contributed by atoms with Crippen molar-refractivity contribution < 1.29 is 14.3 Å². The first-order valence-corrected chi connectivity index (χ1v) is 8.66. The molecule has 0 aliphatic rings. The molecular formula is C20H16BrNO3. The molecule has 126 valence electrons. The lowest BCUT2D eigenvalue weighted by molar-refractivity contribution is 0.0523. The first kappa shape index (κ1) is 17.2. The molecule has 4 nitrogen and oxygen atoms in total. The molecule has 0 aliphatic heterocycles. The van der Waals surface area contributed by atoms with Crippen molar-refractivity contribution in [3.05, 3.63) is 82.0 Å². The van der Waals surface area contributed by atoms with Crippen LogP contribution in [-0.2, 0) is 4.74 Å². The highest BCUT2D eigenvalue weighted by Gasteiger charge is 2.23. The summed E-state index contributed by atoms with van der Waals surface area (Å²) in [6, 6.07) is 18.1. The molecule has 0 radical (unpaired) electrons. The van der Waals surface area contributed by atoms with Gasteiger partial charge in [-0.25, -0.2) is 4.79 Å². The van der Waals surface area contributed by atoms with Crippen LogP contribution >= 0.6 is 15.9 Å². The van der Waals surface area contributed by atoms with Crippen LogP contribution in [0.5, 0.6) is 0 Å². The Hall–Kier alpha value is -2.66. The summed E-state index contributed by atoms with van der Waals surface area (Å²) in [5, 5.41) is 0. The van der Waals surface area contributed by atoms with Crippen molar-refractivity contribution in [1.82, 2.24) is 4.98 Å². The molecule has 0 amide bonds. The number of carbonyl (C=O) groups is 2. The summed E-state index contributed by atoms with van der Waals surface area (Å²) in [4.78, 5) is 28.3. The molecule has 0 saturated carbocycles. The van der Waals surface area contributed by atoms with Gasteiger partial charge >= 0.3 is 5.97 Å². The van der Waals surface area contributed by atoms with E-state index in [1.165, 1.54) is 0 Å². The van der Waals surface area contributed by atoms with Gasteiger partial charge in [-0.1, -0.05) is 64.5 Å². The average molecular weight is 398 g/mol. The summed E-state index contributed by atoms with van der Waals surface area (Å²) in [5.41, 5.74) is 2.51. The number of H-pyrrole nitrogens is 1. The molecule has 0 aliphatic carbocycles. The van der Waals surface area contributed by atoms with Crippen LogP contribution in [0.1, 0.15) is 33.3 Å². The van der Waals surface area contributed by atoms with Gasteiger partial charge in [0.2, 0.25) is 5.78 Å². The standard InChI is InChI=1S/C20H16BrNO3/c1-2-25-20(24)15-12-17(14-10-6-7-11-16(14)21)22-18(15)19(23)13-8-4-3-5-9-13/h3-12,22H,2H2,1H3. The minimum Gasteiger partial charge on any atom is -0.462 e. The van der Waals surface area contributed by atoms with E-state index in [4.69, 9.17) is 4.74 Å². The normalized spacial score (nSPS) is 10.5. The maximum absolute atomic E-state index is 12.9. The largest absolute Gasteiger partial charge is 0.462 e. The smallest absolute Gasteiger partial charge is 0.340 e. The highest BCUT2D eigenvalue weighted by atomic mass is 79.9. The van der Waals surface area contributed by atoms with Crippen molar-refractivity contribution in [2.75, 3.05) is 6.61 Å². The number of rotatable bonds is 5. The lowest BCUT2D eigenvalue weighted by atomic mass is 10.1. The summed E-state index contributed by atoms with van der Waals surface area (Å²) in [7, 11) is 0. The van der Waals surface area contributed by atoms with Gasteiger partial charge in [0.15, 0.2) is 0 Å². The highest BCUT2D eigenvalue weighted by Crippen LogP contribution is 2.30. The third-order valence-corrected chi connectivity index (χ3v) is 4.43. The number of aromatic nitrogens is 1. The molecule has 5 heteroatoms. The molecule has 0 fully saturated rings. The Balaban J connectivity index is 2.11. The molecule has 0 spiro atoms. The molecule has 0 atom stereocenters. The van der Waals surface area contributed by atoms with E-state index in [-0.39, 0.29) is 23.6 Å². The summed E-state index contributed by atoms with van der Waals surface area (Å²) in [5.74, 6) is -0.765. The summed E-state index contributed by atoms with van der Waals surface area (Å²) in [6.07, 6.45) is 0. The quantitative estimate of drug-likeness (QED) is 0.494. The molecule has 0 bridgehead atoms. The van der Waals surface area contributed by atoms with Crippen LogP contribution in [0.25, 0.3) is 11.3 Å². The van der Waals surface area contributed by atoms with Crippen molar-refractivity contribution in [2.45, 2.75) is 6.92 Å². The topological polar surface area (TPSA) is 59.2 Å². The van der Waals surface area contributed by atoms with Gasteiger partial charge in [0.05, 0.1) is 12.2 Å². The molecule has 0 unspecified atom stereocenters. The van der Waals surface area contributed by atoms with E-state index in [1.54, 1.807) is 37.3 Å². The second-order valence-electron chi connectivity index (χ2n) is 5.37. The van der Waals surface area contributed by atoms with Gasteiger partial charge in [-0.2, -0.15) is 0 Å². The van der Waals surface area contributed by atoms with Crippen LogP contribution in [-0.4, -0.2) is 23.3 Å². The maximum atomic E-state index is 12.9. The fourth-order valence-corrected chi connectivity index (χ4v) is 3.06. The first-order valence-electron chi connectivity index (χ1n) is 7.86. The number of esters is 1. The van der Waals surface area contributed by atoms with E-state index in [0.29, 0.717) is 11.3 Å². The van der Waals surface area contributed by atoms with Gasteiger partial charge in [-0.05, 0) is 19.1 Å². The Kier molecular flexibility index (Phi) is 5.14. The predicted molar refractivity (Wildman–Crippen MR) is 99.8 cm³/mol. The molecule has 2 aromatic carbocycles. The molecule has 1 heterocycles. The van der Waals surface area contributed by atoms with Gasteiger partial charge in [0.25, 0.3) is 0 Å². The number of hydrogen-bond acceptors (Lipinski definition) is 3. The van der Waals surface area contributed by atoms with Crippen LogP contribution in [0.4, 0.5) is 0 Å². The number of ketones is 1. The Morgan fingerprint density at radius 2 is 1.72 bits per heavy atom. The van der Waals surface area contributed by atoms with Crippen LogP contribution in [0.3, 0.4) is 0 Å². The molecule has 1 aromatic heterocycles. The Morgan fingerprint density at radius 3 is 2.40 bits per heavy atom. The van der Waals surface area contributed by atoms with Gasteiger partial charge in [0, 0.05) is 21.3 Å². The number of carbonyl (C=O) groups excluding carboxylic acids is 2. The summed E-state index contributed by atoms with van der Waals surface area (Å²) < 4.78 is 5.98. The van der Waals surface area contributed by atoms with E-state index in [1.807, 2.05) is 30.3 Å². The maximum Gasteiger partial charge on any atom is 0.340 e. The number of nitrogens with one attached hydrogen (secondary N) is 1. The Labute approximate surface area is 154 Å². The van der Waals surface area contributed by atoms with E-state index >= 15 is 0 Å². The van der Waals surface area contributed by atoms with E-state index in [9.17, 15) is 9.59 Å². The monoisotopic (exact) mass is 397 g/mol. The minimum atomic E-state index is -0.517. The van der Waals surface area contributed by atoms with E-state index in [2.05, 4.69) is 20.9 Å². The molecular weight excluding hydrogens is 382 g/mol. The predicted octanol–water partition coefficient (Wildman–Crippen LogP) is 4.85. The van der Waals surface area contributed by atoms with Crippen LogP contribution in [0.2, 0.25) is 0 Å². The van der Waals surface area contributed by atoms with Gasteiger partial charge in [-0.3, -0.25) is 4.79 Å². The molecule has 25 heavy (non-hydrogen) atoms. The zero-order valence-corrected chi connectivity index (χ0v) is 15.2. The van der Waals surface area contributed by atoms with Crippen molar-refractivity contribution in [3.63, 3.8) is 0 Å². The van der Waals surface area contributed by atoms with Crippen LogP contribution in [0, 0.1) is 0 Å². The fraction of sp³-hybridized carbons (Fsp3) is 0.100. The summed E-state index contributed by atoms with van der Waals surface area (Å²) >= 11 is 3.50. The zero-order valence-electron chi connectivity index (χ0n) is 13.6. The van der Waals surface area contributed by atoms with Crippen LogP contribution in [0.15, 0.2) is 65.1 Å². The van der Waals surface area contributed by atoms with Crippen molar-refractivity contribution in [1.29, 1.82) is 0 Å². The second kappa shape index (κ2) is 7.49. The summed E-state index contributed by atoms with van der Waals surface area (Å²) in [6.45, 7) is 1.98. The molecule has 3 rings (SSSR count). The van der Waals surface area contributed by atoms with Gasteiger partial charge < -0.3 is 9.72 Å². The Bertz CT molecular complexity index is 916. The molecule has 0 saturated heterocycles. The third kappa shape index (κ3) is 3.56. The number of ether oxygens (including phenoxy) is 1. The van der Waals surface area contributed by atoms with Crippen LogP contribution < -0.4 is 0 Å². The van der Waals surface area contributed by atoms with Crippen molar-refractivity contribution >= 4 is 27.7 Å². The third-order valence-electron chi connectivity index (χ3n) is 3.74. The minimum absolute atomic E-state index is 0.232. The fourth-order valence-electron chi connectivity index (χ4n) is 2.56. The number of benzene rings is 2. The highest BCUT2D eigenvalue weighted by molar-refractivity contribution is 9.10. The lowest BCUT2D eigenvalue weighted by Crippen LogP contribution is -2.11. The van der Waals surface area contributed by atoms with Crippen molar-refractivity contribution in [2.24, 2.45) is 0 Å². The molecule has 3 aromatic rings. The zero-order chi connectivity index (χ0) is 17.8. The van der Waals surface area contributed by atoms with Crippen molar-refractivity contribution in [3.8, 4) is 11.3 Å². The second-order valence-corrected chi connectivity index (χ2v) is 6.22. The number of aromatic amines is 1. The van der Waals surface area contributed by atoms with E-state index in [0.717, 1.165) is 10.0 Å². The number of halogens is 1. The lowest BCUT2D eigenvalue weighted by Gasteiger charge is -2.03. The van der Waals surface area contributed by atoms with Gasteiger partial charge in [0.1, 0.15) is 5.69 Å². The first-order chi connectivity index (χ1) is 12.1. The average Bonchev–Trinajstić information content (AvgIpc) is 3.07. The SMILES string of the molecule is CCOC(=O)c1cc(-c2ccccc2Br)[nH]c1C(=O)c1ccccc1. The molecule has 1 N–H and O–H groups in total. The van der Waals surface area contributed by atoms with E-state index < -0.39 is 5.97 Å². The van der Waals surface area contributed by atoms with Gasteiger partial charge in [-0.15, -0.1) is 0 Å². The Morgan fingerprint density at radius 1 is 1.04 bits per heavy atom.